The Morgan fingerprint density at radius 2 is 1.90 bits per heavy atom. The van der Waals surface area contributed by atoms with Gasteiger partial charge in [0, 0.05) is 37.2 Å². The van der Waals surface area contributed by atoms with Gasteiger partial charge in [0.25, 0.3) is 0 Å². The second kappa shape index (κ2) is 7.75. The summed E-state index contributed by atoms with van der Waals surface area (Å²) in [5, 5.41) is 13.3. The van der Waals surface area contributed by atoms with Gasteiger partial charge >= 0.3 is 0 Å². The summed E-state index contributed by atoms with van der Waals surface area (Å²) in [7, 11) is 0. The molecule has 0 unspecified atom stereocenters. The number of anilines is 2. The minimum Gasteiger partial charge on any atom is -0.486 e. The standard InChI is InChI=1S/C20H21N5O3S/c26-18(21-15-5-6-16-17(12-15)28-11-10-27-16)14-4-3-9-25(13-14)20-23-22-19(29-20)24-7-1-2-8-24/h1-2,5-8,12,14H,3-4,9-11,13H2,(H,21,26)/t14-/m1/s1. The lowest BCUT2D eigenvalue weighted by atomic mass is 9.97. The van der Waals surface area contributed by atoms with E-state index >= 15 is 0 Å². The van der Waals surface area contributed by atoms with Crippen LogP contribution in [-0.2, 0) is 4.79 Å². The van der Waals surface area contributed by atoms with Crippen molar-refractivity contribution in [3.63, 3.8) is 0 Å². The van der Waals surface area contributed by atoms with Crippen LogP contribution in [0.1, 0.15) is 12.8 Å². The molecule has 8 nitrogen and oxygen atoms in total. The van der Waals surface area contributed by atoms with Gasteiger partial charge in [0.2, 0.25) is 16.2 Å². The molecule has 2 aliphatic rings. The van der Waals surface area contributed by atoms with E-state index < -0.39 is 0 Å². The van der Waals surface area contributed by atoms with Gasteiger partial charge < -0.3 is 19.7 Å². The molecular formula is C20H21N5O3S. The molecule has 150 valence electrons. The van der Waals surface area contributed by atoms with E-state index in [2.05, 4.69) is 20.4 Å². The van der Waals surface area contributed by atoms with Crippen molar-refractivity contribution in [3.8, 4) is 16.6 Å². The fourth-order valence-corrected chi connectivity index (χ4v) is 4.48. The number of benzene rings is 1. The van der Waals surface area contributed by atoms with Crippen LogP contribution in [0.2, 0.25) is 0 Å². The average Bonchev–Trinajstić information content (AvgIpc) is 3.46. The van der Waals surface area contributed by atoms with E-state index in [1.54, 1.807) is 0 Å². The van der Waals surface area contributed by atoms with Crippen LogP contribution in [0.5, 0.6) is 11.5 Å². The Labute approximate surface area is 172 Å². The Balaban J connectivity index is 1.25. The van der Waals surface area contributed by atoms with E-state index in [1.807, 2.05) is 47.3 Å². The number of carbonyl (C=O) groups excluding carboxylic acids is 1. The first-order valence-electron chi connectivity index (χ1n) is 9.68. The van der Waals surface area contributed by atoms with Crippen LogP contribution in [0.4, 0.5) is 10.8 Å². The van der Waals surface area contributed by atoms with E-state index in [9.17, 15) is 4.79 Å². The lowest BCUT2D eigenvalue weighted by molar-refractivity contribution is -0.120. The molecule has 1 atom stereocenters. The average molecular weight is 411 g/mol. The van der Waals surface area contributed by atoms with Crippen LogP contribution >= 0.6 is 11.3 Å². The van der Waals surface area contributed by atoms with Gasteiger partial charge in [0.1, 0.15) is 13.2 Å². The highest BCUT2D eigenvalue weighted by Gasteiger charge is 2.28. The fourth-order valence-electron chi connectivity index (χ4n) is 3.63. The lowest BCUT2D eigenvalue weighted by Crippen LogP contribution is -2.40. The fraction of sp³-hybridized carbons (Fsp3) is 0.350. The Morgan fingerprint density at radius 3 is 2.76 bits per heavy atom. The van der Waals surface area contributed by atoms with E-state index in [1.165, 1.54) is 11.3 Å². The molecule has 0 bridgehead atoms. The van der Waals surface area contributed by atoms with E-state index in [-0.39, 0.29) is 11.8 Å². The first-order chi connectivity index (χ1) is 14.3. The molecule has 1 saturated heterocycles. The highest BCUT2D eigenvalue weighted by atomic mass is 32.1. The Hall–Kier alpha value is -3.07. The van der Waals surface area contributed by atoms with Gasteiger partial charge in [-0.05, 0) is 37.1 Å². The van der Waals surface area contributed by atoms with Crippen molar-refractivity contribution < 1.29 is 14.3 Å². The zero-order chi connectivity index (χ0) is 19.6. The maximum Gasteiger partial charge on any atom is 0.229 e. The largest absolute Gasteiger partial charge is 0.486 e. The number of ether oxygens (including phenoxy) is 2. The highest BCUT2D eigenvalue weighted by molar-refractivity contribution is 7.17. The maximum atomic E-state index is 12.9. The summed E-state index contributed by atoms with van der Waals surface area (Å²) >= 11 is 1.53. The Kier molecular flexibility index (Phi) is 4.81. The van der Waals surface area contributed by atoms with Crippen LogP contribution in [0.3, 0.4) is 0 Å². The third-order valence-corrected chi connectivity index (χ3v) is 6.10. The van der Waals surface area contributed by atoms with Crippen LogP contribution in [0.15, 0.2) is 42.7 Å². The van der Waals surface area contributed by atoms with Gasteiger partial charge in [-0.2, -0.15) is 0 Å². The Morgan fingerprint density at radius 1 is 1.10 bits per heavy atom. The van der Waals surface area contributed by atoms with Crippen molar-refractivity contribution in [2.75, 3.05) is 36.5 Å². The second-order valence-electron chi connectivity index (χ2n) is 7.09. The summed E-state index contributed by atoms with van der Waals surface area (Å²) in [5.41, 5.74) is 0.724. The van der Waals surface area contributed by atoms with Gasteiger partial charge in [0.15, 0.2) is 11.5 Å². The number of carbonyl (C=O) groups is 1. The third-order valence-electron chi connectivity index (χ3n) is 5.10. The summed E-state index contributed by atoms with van der Waals surface area (Å²) in [6.45, 7) is 2.59. The van der Waals surface area contributed by atoms with Crippen molar-refractivity contribution in [2.45, 2.75) is 12.8 Å². The zero-order valence-electron chi connectivity index (χ0n) is 15.8. The second-order valence-corrected chi connectivity index (χ2v) is 8.02. The molecule has 1 aromatic carbocycles. The van der Waals surface area contributed by atoms with E-state index in [4.69, 9.17) is 9.47 Å². The quantitative estimate of drug-likeness (QED) is 0.711. The minimum atomic E-state index is -0.101. The molecule has 5 rings (SSSR count). The SMILES string of the molecule is O=C(Nc1ccc2c(c1)OCCO2)[C@@H]1CCCN(c2nnc(-n3cccc3)s2)C1. The number of aromatic nitrogens is 3. The molecule has 0 radical (unpaired) electrons. The van der Waals surface area contributed by atoms with Crippen molar-refractivity contribution in [3.05, 3.63) is 42.7 Å². The van der Waals surface area contributed by atoms with Crippen LogP contribution < -0.4 is 19.7 Å². The molecule has 1 fully saturated rings. The monoisotopic (exact) mass is 411 g/mol. The van der Waals surface area contributed by atoms with Gasteiger partial charge in [-0.3, -0.25) is 9.36 Å². The van der Waals surface area contributed by atoms with Crippen LogP contribution in [0.25, 0.3) is 5.13 Å². The molecule has 0 spiro atoms. The van der Waals surface area contributed by atoms with Gasteiger partial charge in [-0.15, -0.1) is 10.2 Å². The molecule has 1 amide bonds. The lowest BCUT2D eigenvalue weighted by Gasteiger charge is -2.31. The summed E-state index contributed by atoms with van der Waals surface area (Å²) < 4.78 is 13.1. The molecule has 4 heterocycles. The van der Waals surface area contributed by atoms with Gasteiger partial charge in [-0.1, -0.05) is 11.3 Å². The zero-order valence-corrected chi connectivity index (χ0v) is 16.6. The summed E-state index contributed by atoms with van der Waals surface area (Å²) in [6, 6.07) is 9.42. The number of nitrogens with zero attached hydrogens (tertiary/aromatic N) is 4. The summed E-state index contributed by atoms with van der Waals surface area (Å²) in [5.74, 6) is 1.30. The van der Waals surface area contributed by atoms with Crippen molar-refractivity contribution >= 4 is 28.1 Å². The third kappa shape index (κ3) is 3.77. The normalized spacial score (nSPS) is 18.5. The van der Waals surface area contributed by atoms with Gasteiger partial charge in [-0.25, -0.2) is 0 Å². The molecule has 3 aromatic rings. The predicted molar refractivity (Wildman–Crippen MR) is 110 cm³/mol. The molecular weight excluding hydrogens is 390 g/mol. The molecule has 1 N–H and O–H groups in total. The maximum absolute atomic E-state index is 12.9. The molecule has 29 heavy (non-hydrogen) atoms. The molecule has 9 heteroatoms. The van der Waals surface area contributed by atoms with E-state index in [0.29, 0.717) is 31.3 Å². The molecule has 2 aliphatic heterocycles. The van der Waals surface area contributed by atoms with Crippen molar-refractivity contribution in [1.82, 2.24) is 14.8 Å². The number of piperidine rings is 1. The minimum absolute atomic E-state index is 0.0153. The summed E-state index contributed by atoms with van der Waals surface area (Å²) in [6.07, 6.45) is 5.70. The van der Waals surface area contributed by atoms with Crippen LogP contribution in [0, 0.1) is 5.92 Å². The molecule has 2 aromatic heterocycles. The number of hydrogen-bond donors (Lipinski definition) is 1. The molecule has 0 saturated carbocycles. The predicted octanol–water partition coefficient (Wildman–Crippen LogP) is 2.96. The first kappa shape index (κ1) is 18.0. The van der Waals surface area contributed by atoms with Crippen molar-refractivity contribution in [1.29, 1.82) is 0 Å². The number of nitrogens with one attached hydrogen (secondary N) is 1. The summed E-state index contributed by atoms with van der Waals surface area (Å²) in [4.78, 5) is 15.0. The molecule has 0 aliphatic carbocycles. The first-order valence-corrected chi connectivity index (χ1v) is 10.5. The van der Waals surface area contributed by atoms with E-state index in [0.717, 1.165) is 35.3 Å². The Bertz CT molecular complexity index is 1000. The van der Waals surface area contributed by atoms with Gasteiger partial charge in [0.05, 0.1) is 5.92 Å². The van der Waals surface area contributed by atoms with Crippen LogP contribution in [-0.4, -0.2) is 47.0 Å². The number of hydrogen-bond acceptors (Lipinski definition) is 7. The van der Waals surface area contributed by atoms with Crippen molar-refractivity contribution in [2.24, 2.45) is 5.92 Å². The topological polar surface area (TPSA) is 81.5 Å². The number of amides is 1. The number of rotatable bonds is 4. The highest BCUT2D eigenvalue weighted by Crippen LogP contribution is 2.33. The number of fused-ring (bicyclic) bond motifs is 1. The smallest absolute Gasteiger partial charge is 0.229 e.